The number of amides is 1. The van der Waals surface area contributed by atoms with Crippen LogP contribution >= 0.6 is 0 Å². The van der Waals surface area contributed by atoms with Crippen LogP contribution in [0, 0.1) is 12.3 Å². The highest BCUT2D eigenvalue weighted by molar-refractivity contribution is 5.95. The van der Waals surface area contributed by atoms with Gasteiger partial charge >= 0.3 is 6.18 Å². The van der Waals surface area contributed by atoms with Crippen molar-refractivity contribution < 1.29 is 22.5 Å². The molecule has 0 aliphatic carbocycles. The van der Waals surface area contributed by atoms with Crippen LogP contribution in [0.2, 0.25) is 0 Å². The normalized spacial score (nSPS) is 12.6. The fourth-order valence-electron chi connectivity index (χ4n) is 2.30. The first-order valence-corrected chi connectivity index (χ1v) is 7.81. The standard InChI is InChI=1S/C17H17F3N4O2/c1-9-7-13(26-23-9)24-12-8-10(17(18,19)20)5-6-11(12)21-15(24)22-14(25)16(2,3)4/h5-8H,1-4H3,(H,21,22,25). The van der Waals surface area contributed by atoms with Gasteiger partial charge in [0.15, 0.2) is 0 Å². The molecule has 0 saturated heterocycles. The van der Waals surface area contributed by atoms with Crippen molar-refractivity contribution in [3.8, 4) is 5.88 Å². The lowest BCUT2D eigenvalue weighted by Crippen LogP contribution is -2.28. The second kappa shape index (κ2) is 5.86. The summed E-state index contributed by atoms with van der Waals surface area (Å²) in [6.07, 6.45) is -4.50. The molecule has 0 unspecified atom stereocenters. The zero-order valence-electron chi connectivity index (χ0n) is 14.6. The summed E-state index contributed by atoms with van der Waals surface area (Å²) in [5.74, 6) is -0.106. The number of halogens is 3. The highest BCUT2D eigenvalue weighted by atomic mass is 19.4. The van der Waals surface area contributed by atoms with Crippen LogP contribution in [0.1, 0.15) is 32.0 Å². The van der Waals surface area contributed by atoms with Crippen molar-refractivity contribution in [3.63, 3.8) is 0 Å². The summed E-state index contributed by atoms with van der Waals surface area (Å²) in [4.78, 5) is 16.6. The maximum absolute atomic E-state index is 13.1. The number of hydrogen-bond acceptors (Lipinski definition) is 4. The van der Waals surface area contributed by atoms with Gasteiger partial charge in [-0.05, 0) is 25.1 Å². The molecule has 2 heterocycles. The molecule has 3 rings (SSSR count). The summed E-state index contributed by atoms with van der Waals surface area (Å²) in [6.45, 7) is 6.84. The van der Waals surface area contributed by atoms with E-state index in [4.69, 9.17) is 4.52 Å². The van der Waals surface area contributed by atoms with Crippen LogP contribution in [-0.4, -0.2) is 20.6 Å². The van der Waals surface area contributed by atoms with Crippen molar-refractivity contribution in [2.45, 2.75) is 33.9 Å². The number of carbonyl (C=O) groups excluding carboxylic acids is 1. The van der Waals surface area contributed by atoms with Gasteiger partial charge in [-0.25, -0.2) is 9.55 Å². The smallest absolute Gasteiger partial charge is 0.338 e. The summed E-state index contributed by atoms with van der Waals surface area (Å²) in [6, 6.07) is 4.71. The Kier molecular flexibility index (Phi) is 4.05. The number of fused-ring (bicyclic) bond motifs is 1. The summed E-state index contributed by atoms with van der Waals surface area (Å²) in [5, 5.41) is 6.41. The van der Waals surface area contributed by atoms with Crippen LogP contribution in [0.25, 0.3) is 16.9 Å². The predicted octanol–water partition coefficient (Wildman–Crippen LogP) is 4.33. The van der Waals surface area contributed by atoms with E-state index < -0.39 is 17.2 Å². The third kappa shape index (κ3) is 3.29. The lowest BCUT2D eigenvalue weighted by atomic mass is 9.96. The van der Waals surface area contributed by atoms with E-state index in [1.807, 2.05) is 0 Å². The van der Waals surface area contributed by atoms with Crippen molar-refractivity contribution in [1.82, 2.24) is 14.7 Å². The molecule has 9 heteroatoms. The predicted molar refractivity (Wildman–Crippen MR) is 89.0 cm³/mol. The SMILES string of the molecule is Cc1cc(-n2c(NC(=O)C(C)(C)C)nc3ccc(C(F)(F)F)cc32)on1. The molecule has 1 aromatic carbocycles. The van der Waals surface area contributed by atoms with E-state index in [0.29, 0.717) is 5.69 Å². The molecule has 0 aliphatic heterocycles. The lowest BCUT2D eigenvalue weighted by molar-refractivity contribution is -0.137. The highest BCUT2D eigenvalue weighted by Gasteiger charge is 2.32. The Bertz CT molecular complexity index is 980. The van der Waals surface area contributed by atoms with Crippen molar-refractivity contribution in [3.05, 3.63) is 35.5 Å². The molecule has 1 N–H and O–H groups in total. The molecule has 0 aliphatic rings. The number of imidazole rings is 1. The van der Waals surface area contributed by atoms with Gasteiger partial charge in [-0.15, -0.1) is 0 Å². The van der Waals surface area contributed by atoms with E-state index in [9.17, 15) is 18.0 Å². The Hall–Kier alpha value is -2.84. The Labute approximate surface area is 147 Å². The molecular formula is C17H17F3N4O2. The minimum Gasteiger partial charge on any atom is -0.338 e. The largest absolute Gasteiger partial charge is 0.416 e. The average Bonchev–Trinajstić information content (AvgIpc) is 3.07. The molecule has 0 spiro atoms. The summed E-state index contributed by atoms with van der Waals surface area (Å²) in [5.41, 5.74) is -0.549. The van der Waals surface area contributed by atoms with Gasteiger partial charge in [0, 0.05) is 11.5 Å². The monoisotopic (exact) mass is 366 g/mol. The molecule has 0 atom stereocenters. The summed E-state index contributed by atoms with van der Waals surface area (Å²) < 4.78 is 45.8. The van der Waals surface area contributed by atoms with E-state index in [0.717, 1.165) is 12.1 Å². The fraction of sp³-hybridized carbons (Fsp3) is 0.353. The molecule has 2 aromatic heterocycles. The molecule has 138 valence electrons. The van der Waals surface area contributed by atoms with E-state index in [1.165, 1.54) is 10.6 Å². The molecular weight excluding hydrogens is 349 g/mol. The third-order valence-corrected chi connectivity index (χ3v) is 3.72. The lowest BCUT2D eigenvalue weighted by Gasteiger charge is -2.17. The first-order chi connectivity index (χ1) is 12.0. The van der Waals surface area contributed by atoms with Gasteiger partial charge in [0.1, 0.15) is 0 Å². The molecule has 0 fully saturated rings. The number of nitrogens with zero attached hydrogens (tertiary/aromatic N) is 3. The van der Waals surface area contributed by atoms with Gasteiger partial charge < -0.3 is 4.52 Å². The minimum absolute atomic E-state index is 0.0652. The van der Waals surface area contributed by atoms with Crippen molar-refractivity contribution >= 4 is 22.9 Å². The van der Waals surface area contributed by atoms with Crippen LogP contribution < -0.4 is 5.32 Å². The van der Waals surface area contributed by atoms with Gasteiger partial charge in [-0.2, -0.15) is 13.2 Å². The molecule has 26 heavy (non-hydrogen) atoms. The molecule has 3 aromatic rings. The molecule has 1 amide bonds. The summed E-state index contributed by atoms with van der Waals surface area (Å²) in [7, 11) is 0. The van der Waals surface area contributed by atoms with Crippen molar-refractivity contribution in [2.24, 2.45) is 5.41 Å². The minimum atomic E-state index is -4.50. The zero-order valence-corrected chi connectivity index (χ0v) is 14.6. The third-order valence-electron chi connectivity index (χ3n) is 3.72. The van der Waals surface area contributed by atoms with Crippen molar-refractivity contribution in [1.29, 1.82) is 0 Å². The summed E-state index contributed by atoms with van der Waals surface area (Å²) >= 11 is 0. The van der Waals surface area contributed by atoms with E-state index in [1.54, 1.807) is 33.8 Å². The fourth-order valence-corrected chi connectivity index (χ4v) is 2.30. The first-order valence-electron chi connectivity index (χ1n) is 7.81. The number of aryl methyl sites for hydroxylation is 1. The van der Waals surface area contributed by atoms with Crippen LogP contribution in [0.5, 0.6) is 0 Å². The molecule has 6 nitrogen and oxygen atoms in total. The Morgan fingerprint density at radius 3 is 2.42 bits per heavy atom. The molecule has 0 saturated carbocycles. The number of nitrogens with one attached hydrogen (secondary N) is 1. The quantitative estimate of drug-likeness (QED) is 0.733. The number of carbonyl (C=O) groups is 1. The number of rotatable bonds is 2. The van der Waals surface area contributed by atoms with Crippen LogP contribution in [0.15, 0.2) is 28.8 Å². The number of anilines is 1. The van der Waals surface area contributed by atoms with Crippen LogP contribution in [-0.2, 0) is 11.0 Å². The Morgan fingerprint density at radius 2 is 1.88 bits per heavy atom. The van der Waals surface area contributed by atoms with Gasteiger partial charge in [-0.3, -0.25) is 10.1 Å². The molecule has 0 bridgehead atoms. The highest BCUT2D eigenvalue weighted by Crippen LogP contribution is 2.34. The number of aromatic nitrogens is 3. The second-order valence-electron chi connectivity index (χ2n) is 6.98. The zero-order chi connectivity index (χ0) is 19.3. The maximum Gasteiger partial charge on any atom is 0.416 e. The topological polar surface area (TPSA) is 73.0 Å². The van der Waals surface area contributed by atoms with E-state index in [2.05, 4.69) is 15.5 Å². The van der Waals surface area contributed by atoms with Crippen molar-refractivity contribution in [2.75, 3.05) is 5.32 Å². The van der Waals surface area contributed by atoms with Gasteiger partial charge in [0.2, 0.25) is 17.7 Å². The van der Waals surface area contributed by atoms with Gasteiger partial charge in [-0.1, -0.05) is 25.9 Å². The Balaban J connectivity index is 2.22. The van der Waals surface area contributed by atoms with E-state index in [-0.39, 0.29) is 28.8 Å². The average molecular weight is 366 g/mol. The van der Waals surface area contributed by atoms with E-state index >= 15 is 0 Å². The number of hydrogen-bond donors (Lipinski definition) is 1. The van der Waals surface area contributed by atoms with Gasteiger partial charge in [0.05, 0.1) is 22.3 Å². The number of alkyl halides is 3. The van der Waals surface area contributed by atoms with Crippen LogP contribution in [0.3, 0.4) is 0 Å². The van der Waals surface area contributed by atoms with Gasteiger partial charge in [0.25, 0.3) is 0 Å². The maximum atomic E-state index is 13.1. The Morgan fingerprint density at radius 1 is 1.19 bits per heavy atom. The first kappa shape index (κ1) is 18.0. The number of benzene rings is 1. The second-order valence-corrected chi connectivity index (χ2v) is 6.98. The van der Waals surface area contributed by atoms with Crippen LogP contribution in [0.4, 0.5) is 19.1 Å². The molecule has 0 radical (unpaired) electrons.